The number of ketones is 1. The first kappa shape index (κ1) is 19.4. The van der Waals surface area contributed by atoms with E-state index in [1.165, 1.54) is 12.8 Å². The molecule has 0 saturated heterocycles. The van der Waals surface area contributed by atoms with Crippen LogP contribution < -0.4 is 5.32 Å². The van der Waals surface area contributed by atoms with Crippen LogP contribution in [0.1, 0.15) is 71.6 Å². The number of carbonyl (C=O) groups is 2. The zero-order valence-electron chi connectivity index (χ0n) is 14.6. The van der Waals surface area contributed by atoms with E-state index in [-0.39, 0.29) is 17.7 Å². The summed E-state index contributed by atoms with van der Waals surface area (Å²) < 4.78 is 0. The summed E-state index contributed by atoms with van der Waals surface area (Å²) in [5.74, 6) is 0.250. The van der Waals surface area contributed by atoms with Crippen molar-refractivity contribution in [2.24, 2.45) is 0 Å². The van der Waals surface area contributed by atoms with Crippen molar-refractivity contribution in [1.82, 2.24) is 5.32 Å². The Bertz CT molecular complexity index is 460. The van der Waals surface area contributed by atoms with Crippen molar-refractivity contribution < 1.29 is 9.59 Å². The van der Waals surface area contributed by atoms with Crippen LogP contribution in [0.3, 0.4) is 0 Å². The molecule has 0 bridgehead atoms. The molecule has 0 aromatic rings. The predicted molar refractivity (Wildman–Crippen MR) is 96.2 cm³/mol. The van der Waals surface area contributed by atoms with E-state index in [0.29, 0.717) is 6.42 Å². The molecule has 1 aliphatic rings. The van der Waals surface area contributed by atoms with E-state index in [0.717, 1.165) is 44.1 Å². The fourth-order valence-electron chi connectivity index (χ4n) is 2.71. The molecule has 1 unspecified atom stereocenters. The smallest absolute Gasteiger partial charge is 0.220 e. The van der Waals surface area contributed by atoms with Crippen molar-refractivity contribution in [3.8, 4) is 0 Å². The lowest BCUT2D eigenvalue weighted by molar-refractivity contribution is -0.121. The van der Waals surface area contributed by atoms with E-state index >= 15 is 0 Å². The maximum absolute atomic E-state index is 12.1. The van der Waals surface area contributed by atoms with Gasteiger partial charge in [0.05, 0.1) is 0 Å². The molecular weight excluding hydrogens is 286 g/mol. The van der Waals surface area contributed by atoms with Gasteiger partial charge < -0.3 is 5.32 Å². The van der Waals surface area contributed by atoms with Gasteiger partial charge in [-0.15, -0.1) is 0 Å². The molecule has 3 nitrogen and oxygen atoms in total. The van der Waals surface area contributed by atoms with Crippen LogP contribution in [-0.2, 0) is 9.59 Å². The van der Waals surface area contributed by atoms with Crippen molar-refractivity contribution in [2.75, 3.05) is 0 Å². The van der Waals surface area contributed by atoms with Gasteiger partial charge in [0.15, 0.2) is 5.78 Å². The Morgan fingerprint density at radius 3 is 2.83 bits per heavy atom. The molecule has 1 rings (SSSR count). The third-order valence-electron chi connectivity index (χ3n) is 4.10. The molecule has 0 aromatic carbocycles. The van der Waals surface area contributed by atoms with Crippen molar-refractivity contribution in [1.29, 1.82) is 0 Å². The van der Waals surface area contributed by atoms with Crippen LogP contribution in [0, 0.1) is 0 Å². The molecule has 23 heavy (non-hydrogen) atoms. The van der Waals surface area contributed by atoms with E-state index in [2.05, 4.69) is 18.3 Å². The van der Waals surface area contributed by atoms with Crippen LogP contribution in [0.2, 0.25) is 0 Å². The Morgan fingerprint density at radius 2 is 2.17 bits per heavy atom. The molecule has 1 atom stereocenters. The van der Waals surface area contributed by atoms with Gasteiger partial charge in [0.2, 0.25) is 5.91 Å². The maximum atomic E-state index is 12.1. The van der Waals surface area contributed by atoms with Gasteiger partial charge in [-0.1, -0.05) is 50.5 Å². The number of nitrogens with one attached hydrogen (secondary N) is 1. The summed E-state index contributed by atoms with van der Waals surface area (Å²) in [6.45, 7) is 4.18. The normalized spacial score (nSPS) is 17.3. The lowest BCUT2D eigenvalue weighted by Gasteiger charge is -2.17. The number of amides is 1. The molecule has 1 aliphatic carbocycles. The highest BCUT2D eigenvalue weighted by molar-refractivity contribution is 6.06. The molecular formula is C20H31NO2. The summed E-state index contributed by atoms with van der Waals surface area (Å²) in [6, 6.07) is 0.150. The van der Waals surface area contributed by atoms with Gasteiger partial charge >= 0.3 is 0 Å². The topological polar surface area (TPSA) is 46.2 Å². The van der Waals surface area contributed by atoms with Gasteiger partial charge in [0, 0.05) is 12.5 Å². The number of unbranched alkanes of at least 4 members (excludes halogenated alkanes) is 3. The van der Waals surface area contributed by atoms with Gasteiger partial charge in [0.25, 0.3) is 0 Å². The summed E-state index contributed by atoms with van der Waals surface area (Å²) >= 11 is 0. The highest BCUT2D eigenvalue weighted by Crippen LogP contribution is 2.16. The Morgan fingerprint density at radius 1 is 1.35 bits per heavy atom. The average Bonchev–Trinajstić information content (AvgIpc) is 2.94. The Labute approximate surface area is 140 Å². The zero-order chi connectivity index (χ0) is 16.9. The maximum Gasteiger partial charge on any atom is 0.220 e. The lowest BCUT2D eigenvalue weighted by atomic mass is 10.0. The van der Waals surface area contributed by atoms with Crippen molar-refractivity contribution in [3.63, 3.8) is 0 Å². The van der Waals surface area contributed by atoms with E-state index < -0.39 is 0 Å². The fraction of sp³-hybridized carbons (Fsp3) is 0.600. The molecule has 0 saturated carbocycles. The number of hydrogen-bond acceptors (Lipinski definition) is 2. The van der Waals surface area contributed by atoms with Crippen molar-refractivity contribution in [2.45, 2.75) is 77.7 Å². The largest absolute Gasteiger partial charge is 0.353 e. The first-order valence-corrected chi connectivity index (χ1v) is 8.97. The molecule has 0 spiro atoms. The molecule has 0 aliphatic heterocycles. The standard InChI is InChI=1S/C20H31NO2/c1-3-5-7-9-14-20(23)21-18(12-8-6-4-2)16-15-17-11-10-13-19(17)22/h3,5,10,13,15,18H,4,6-9,11-12,14,16H2,1-2H3,(H,21,23)/b5-3-,17-15+. The van der Waals surface area contributed by atoms with Crippen LogP contribution in [0.15, 0.2) is 36.0 Å². The summed E-state index contributed by atoms with van der Waals surface area (Å²) in [5.41, 5.74) is 0.868. The van der Waals surface area contributed by atoms with Crippen LogP contribution in [0.25, 0.3) is 0 Å². The van der Waals surface area contributed by atoms with Crippen LogP contribution in [0.5, 0.6) is 0 Å². The van der Waals surface area contributed by atoms with Gasteiger partial charge in [-0.05, 0) is 50.7 Å². The number of allylic oxidation sites excluding steroid dienone is 5. The number of rotatable bonds is 11. The third-order valence-corrected chi connectivity index (χ3v) is 4.10. The average molecular weight is 317 g/mol. The molecule has 0 heterocycles. The van der Waals surface area contributed by atoms with Gasteiger partial charge in [0.1, 0.15) is 0 Å². The van der Waals surface area contributed by atoms with Gasteiger partial charge in [-0.3, -0.25) is 9.59 Å². The predicted octanol–water partition coefficient (Wildman–Crippen LogP) is 4.64. The quantitative estimate of drug-likeness (QED) is 0.343. The monoisotopic (exact) mass is 317 g/mol. The first-order valence-electron chi connectivity index (χ1n) is 8.97. The molecule has 128 valence electrons. The summed E-state index contributed by atoms with van der Waals surface area (Å²) in [4.78, 5) is 23.7. The number of hydrogen-bond donors (Lipinski definition) is 1. The van der Waals surface area contributed by atoms with E-state index in [9.17, 15) is 9.59 Å². The Kier molecular flexibility index (Phi) is 10.0. The lowest BCUT2D eigenvalue weighted by Crippen LogP contribution is -2.34. The second-order valence-electron chi connectivity index (χ2n) is 6.16. The van der Waals surface area contributed by atoms with E-state index in [1.54, 1.807) is 6.08 Å². The molecule has 0 fully saturated rings. The molecule has 3 heteroatoms. The number of carbonyl (C=O) groups excluding carboxylic acids is 2. The van der Waals surface area contributed by atoms with Crippen LogP contribution in [-0.4, -0.2) is 17.7 Å². The molecule has 1 amide bonds. The Hall–Kier alpha value is -1.64. The first-order chi connectivity index (χ1) is 11.2. The zero-order valence-corrected chi connectivity index (χ0v) is 14.6. The van der Waals surface area contributed by atoms with Crippen LogP contribution >= 0.6 is 0 Å². The van der Waals surface area contributed by atoms with Gasteiger partial charge in [-0.2, -0.15) is 0 Å². The summed E-state index contributed by atoms with van der Waals surface area (Å²) in [6.07, 6.45) is 18.0. The third kappa shape index (κ3) is 8.53. The molecule has 0 aromatic heterocycles. The fourth-order valence-corrected chi connectivity index (χ4v) is 2.71. The molecule has 0 radical (unpaired) electrons. The minimum absolute atomic E-state index is 0.120. The van der Waals surface area contributed by atoms with Crippen molar-refractivity contribution >= 4 is 11.7 Å². The second-order valence-corrected chi connectivity index (χ2v) is 6.16. The highest BCUT2D eigenvalue weighted by Gasteiger charge is 2.14. The minimum atomic E-state index is 0.120. The highest BCUT2D eigenvalue weighted by atomic mass is 16.1. The van der Waals surface area contributed by atoms with E-state index in [1.807, 2.05) is 25.2 Å². The van der Waals surface area contributed by atoms with E-state index in [4.69, 9.17) is 0 Å². The molecule has 1 N–H and O–H groups in total. The SMILES string of the molecule is C/C=C\CCCC(=O)NC(C/C=C1\CC=CC1=O)CCCCC. The van der Waals surface area contributed by atoms with Crippen LogP contribution in [0.4, 0.5) is 0 Å². The summed E-state index contributed by atoms with van der Waals surface area (Å²) in [7, 11) is 0. The summed E-state index contributed by atoms with van der Waals surface area (Å²) in [5, 5.41) is 3.15. The van der Waals surface area contributed by atoms with Gasteiger partial charge in [-0.25, -0.2) is 0 Å². The second kappa shape index (κ2) is 11.9. The van der Waals surface area contributed by atoms with Crippen molar-refractivity contribution in [3.05, 3.63) is 36.0 Å². The Balaban J connectivity index is 2.44. The minimum Gasteiger partial charge on any atom is -0.353 e.